The van der Waals surface area contributed by atoms with Crippen LogP contribution in [0.15, 0.2) is 42.7 Å². The Labute approximate surface area is 109 Å². The van der Waals surface area contributed by atoms with Crippen molar-refractivity contribution in [3.8, 4) is 5.69 Å². The Morgan fingerprint density at radius 1 is 1.17 bits per heavy atom. The largest absolute Gasteiger partial charge is 0.310 e. The number of benzene rings is 1. The summed E-state index contributed by atoms with van der Waals surface area (Å²) in [6.07, 6.45) is 3.78. The van der Waals surface area contributed by atoms with Gasteiger partial charge in [0.05, 0.1) is 5.69 Å². The highest BCUT2D eigenvalue weighted by Gasteiger charge is 2.08. The second kappa shape index (κ2) is 5.83. The summed E-state index contributed by atoms with van der Waals surface area (Å²) in [6.45, 7) is 7.56. The molecule has 1 heterocycles. The lowest BCUT2D eigenvalue weighted by molar-refractivity contribution is 0.426. The minimum Gasteiger partial charge on any atom is -0.310 e. The Morgan fingerprint density at radius 2 is 1.94 bits per heavy atom. The highest BCUT2D eigenvalue weighted by atomic mass is 15.3. The molecular formula is C15H21N3. The third kappa shape index (κ3) is 2.99. The van der Waals surface area contributed by atoms with Gasteiger partial charge in [-0.25, -0.2) is 4.68 Å². The Hall–Kier alpha value is -1.61. The zero-order valence-corrected chi connectivity index (χ0v) is 11.3. The number of para-hydroxylation sites is 1. The van der Waals surface area contributed by atoms with E-state index < -0.39 is 0 Å². The van der Waals surface area contributed by atoms with E-state index in [-0.39, 0.29) is 0 Å². The van der Waals surface area contributed by atoms with Gasteiger partial charge in [0.15, 0.2) is 0 Å². The van der Waals surface area contributed by atoms with Crippen LogP contribution in [-0.2, 0) is 6.54 Å². The molecule has 0 aliphatic heterocycles. The van der Waals surface area contributed by atoms with Crippen molar-refractivity contribution in [1.82, 2.24) is 15.1 Å². The number of rotatable bonds is 5. The van der Waals surface area contributed by atoms with Crippen LogP contribution < -0.4 is 5.32 Å². The van der Waals surface area contributed by atoms with Crippen LogP contribution in [0.3, 0.4) is 0 Å². The number of hydrogen-bond acceptors (Lipinski definition) is 2. The predicted octanol–water partition coefficient (Wildman–Crippen LogP) is 3.01. The van der Waals surface area contributed by atoms with Crippen LogP contribution in [0.4, 0.5) is 0 Å². The fourth-order valence-electron chi connectivity index (χ4n) is 1.80. The maximum Gasteiger partial charge on any atom is 0.0690 e. The van der Waals surface area contributed by atoms with Gasteiger partial charge in [-0.3, -0.25) is 0 Å². The first kappa shape index (κ1) is 12.8. The van der Waals surface area contributed by atoms with Gasteiger partial charge in [-0.05, 0) is 30.5 Å². The van der Waals surface area contributed by atoms with Gasteiger partial charge in [0, 0.05) is 25.0 Å². The lowest BCUT2D eigenvalue weighted by Crippen LogP contribution is -2.30. The first-order chi connectivity index (χ1) is 8.68. The number of nitrogens with zero attached hydrogens (tertiary/aromatic N) is 2. The van der Waals surface area contributed by atoms with Crippen LogP contribution >= 0.6 is 0 Å². The molecule has 96 valence electrons. The fourth-order valence-corrected chi connectivity index (χ4v) is 1.80. The molecule has 0 fully saturated rings. The van der Waals surface area contributed by atoms with Crippen LogP contribution in [0.25, 0.3) is 5.69 Å². The normalized spacial score (nSPS) is 12.9. The summed E-state index contributed by atoms with van der Waals surface area (Å²) in [7, 11) is 0. The van der Waals surface area contributed by atoms with E-state index in [2.05, 4.69) is 49.4 Å². The highest BCUT2D eigenvalue weighted by molar-refractivity contribution is 5.40. The molecule has 0 aliphatic rings. The molecule has 0 spiro atoms. The predicted molar refractivity (Wildman–Crippen MR) is 74.7 cm³/mol. The molecule has 18 heavy (non-hydrogen) atoms. The summed E-state index contributed by atoms with van der Waals surface area (Å²) < 4.78 is 1.91. The maximum atomic E-state index is 4.30. The molecule has 0 aliphatic carbocycles. The van der Waals surface area contributed by atoms with Crippen molar-refractivity contribution in [3.63, 3.8) is 0 Å². The molecule has 0 bridgehead atoms. The average molecular weight is 243 g/mol. The molecular weight excluding hydrogens is 222 g/mol. The van der Waals surface area contributed by atoms with Crippen LogP contribution in [0.2, 0.25) is 0 Å². The zero-order chi connectivity index (χ0) is 13.0. The van der Waals surface area contributed by atoms with Crippen LogP contribution in [0.1, 0.15) is 26.3 Å². The van der Waals surface area contributed by atoms with Crippen molar-refractivity contribution < 1.29 is 0 Å². The van der Waals surface area contributed by atoms with Gasteiger partial charge in [0.25, 0.3) is 0 Å². The van der Waals surface area contributed by atoms with Gasteiger partial charge < -0.3 is 5.32 Å². The second-order valence-electron chi connectivity index (χ2n) is 4.99. The van der Waals surface area contributed by atoms with Gasteiger partial charge >= 0.3 is 0 Å². The minimum atomic E-state index is 0.510. The molecule has 3 heteroatoms. The van der Waals surface area contributed by atoms with Crippen molar-refractivity contribution in [2.75, 3.05) is 0 Å². The maximum absolute atomic E-state index is 4.30. The Balaban J connectivity index is 2.14. The van der Waals surface area contributed by atoms with E-state index in [0.29, 0.717) is 12.0 Å². The molecule has 0 saturated heterocycles. The summed E-state index contributed by atoms with van der Waals surface area (Å²) in [5, 5.41) is 7.86. The minimum absolute atomic E-state index is 0.510. The summed E-state index contributed by atoms with van der Waals surface area (Å²) >= 11 is 0. The fraction of sp³-hybridized carbons (Fsp3) is 0.400. The van der Waals surface area contributed by atoms with E-state index in [4.69, 9.17) is 0 Å². The zero-order valence-electron chi connectivity index (χ0n) is 11.3. The summed E-state index contributed by atoms with van der Waals surface area (Å²) in [5.41, 5.74) is 2.42. The quantitative estimate of drug-likeness (QED) is 0.875. The molecule has 1 aromatic carbocycles. The third-order valence-corrected chi connectivity index (χ3v) is 3.36. The van der Waals surface area contributed by atoms with E-state index in [1.165, 1.54) is 5.56 Å². The van der Waals surface area contributed by atoms with Crippen molar-refractivity contribution in [2.45, 2.75) is 33.4 Å². The topological polar surface area (TPSA) is 29.9 Å². The first-order valence-electron chi connectivity index (χ1n) is 6.50. The van der Waals surface area contributed by atoms with Crippen molar-refractivity contribution in [2.24, 2.45) is 5.92 Å². The molecule has 1 aromatic heterocycles. The Kier molecular flexibility index (Phi) is 4.15. The Morgan fingerprint density at radius 3 is 2.61 bits per heavy atom. The summed E-state index contributed by atoms with van der Waals surface area (Å²) in [5.74, 6) is 0.641. The van der Waals surface area contributed by atoms with Crippen LogP contribution in [0.5, 0.6) is 0 Å². The molecule has 0 radical (unpaired) electrons. The van der Waals surface area contributed by atoms with Crippen molar-refractivity contribution in [3.05, 3.63) is 48.3 Å². The lowest BCUT2D eigenvalue weighted by atomic mass is 10.1. The van der Waals surface area contributed by atoms with E-state index in [0.717, 1.165) is 12.2 Å². The van der Waals surface area contributed by atoms with E-state index in [9.17, 15) is 0 Å². The van der Waals surface area contributed by atoms with E-state index >= 15 is 0 Å². The van der Waals surface area contributed by atoms with Crippen LogP contribution in [0, 0.1) is 5.92 Å². The monoisotopic (exact) mass is 243 g/mol. The molecule has 3 nitrogen and oxygen atoms in total. The number of hydrogen-bond donors (Lipinski definition) is 1. The van der Waals surface area contributed by atoms with Crippen molar-refractivity contribution in [1.29, 1.82) is 0 Å². The SMILES string of the molecule is CC(C)C(C)NCc1ccccc1-n1cccn1. The highest BCUT2D eigenvalue weighted by Crippen LogP contribution is 2.14. The molecule has 1 atom stereocenters. The third-order valence-electron chi connectivity index (χ3n) is 3.36. The standard InChI is InChI=1S/C15H21N3/c1-12(2)13(3)16-11-14-7-4-5-8-15(14)18-10-6-9-17-18/h4-10,12-13,16H,11H2,1-3H3. The Bertz CT molecular complexity index is 474. The van der Waals surface area contributed by atoms with E-state index in [1.807, 2.05) is 23.0 Å². The van der Waals surface area contributed by atoms with Gasteiger partial charge in [0.1, 0.15) is 0 Å². The van der Waals surface area contributed by atoms with Gasteiger partial charge in [-0.2, -0.15) is 5.10 Å². The second-order valence-corrected chi connectivity index (χ2v) is 4.99. The molecule has 2 aromatic rings. The average Bonchev–Trinajstić information content (AvgIpc) is 2.89. The van der Waals surface area contributed by atoms with Gasteiger partial charge in [-0.15, -0.1) is 0 Å². The first-order valence-corrected chi connectivity index (χ1v) is 6.50. The van der Waals surface area contributed by atoms with E-state index in [1.54, 1.807) is 6.20 Å². The smallest absolute Gasteiger partial charge is 0.0690 e. The molecule has 2 rings (SSSR count). The molecule has 0 amide bonds. The number of nitrogens with one attached hydrogen (secondary N) is 1. The van der Waals surface area contributed by atoms with Gasteiger partial charge in [0.2, 0.25) is 0 Å². The molecule has 1 unspecified atom stereocenters. The summed E-state index contributed by atoms with van der Waals surface area (Å²) in [4.78, 5) is 0. The summed E-state index contributed by atoms with van der Waals surface area (Å²) in [6, 6.07) is 10.8. The van der Waals surface area contributed by atoms with Gasteiger partial charge in [-0.1, -0.05) is 32.0 Å². The number of aromatic nitrogens is 2. The van der Waals surface area contributed by atoms with Crippen molar-refractivity contribution >= 4 is 0 Å². The van der Waals surface area contributed by atoms with Crippen LogP contribution in [-0.4, -0.2) is 15.8 Å². The molecule has 1 N–H and O–H groups in total. The lowest BCUT2D eigenvalue weighted by Gasteiger charge is -2.18. The molecule has 0 saturated carbocycles.